The summed E-state index contributed by atoms with van der Waals surface area (Å²) in [5.41, 5.74) is 1.39. The fraction of sp³-hybridized carbons (Fsp3) is 0.588. The van der Waals surface area contributed by atoms with Gasteiger partial charge < -0.3 is 14.5 Å². The van der Waals surface area contributed by atoms with E-state index < -0.39 is 0 Å². The molecule has 0 saturated carbocycles. The van der Waals surface area contributed by atoms with Gasteiger partial charge in [-0.05, 0) is 50.4 Å². The average Bonchev–Trinajstić information content (AvgIpc) is 2.93. The topological polar surface area (TPSA) is 32.8 Å². The molecule has 1 aromatic rings. The minimum Gasteiger partial charge on any atom is -0.445 e. The molecule has 3 rings (SSSR count). The summed E-state index contributed by atoms with van der Waals surface area (Å²) in [7, 11) is 2.17. The molecule has 2 aliphatic heterocycles. The first-order valence-electron chi connectivity index (χ1n) is 7.81. The van der Waals surface area contributed by atoms with E-state index in [1.807, 2.05) is 35.2 Å². The van der Waals surface area contributed by atoms with Crippen LogP contribution in [0.5, 0.6) is 0 Å². The fourth-order valence-electron chi connectivity index (χ4n) is 3.40. The molecule has 2 aliphatic rings. The molecule has 2 saturated heterocycles. The van der Waals surface area contributed by atoms with Gasteiger partial charge in [0.1, 0.15) is 6.61 Å². The zero-order chi connectivity index (χ0) is 14.7. The van der Waals surface area contributed by atoms with E-state index in [-0.39, 0.29) is 6.09 Å². The summed E-state index contributed by atoms with van der Waals surface area (Å²) in [4.78, 5) is 16.5. The van der Waals surface area contributed by atoms with E-state index in [4.69, 9.17) is 4.74 Å². The zero-order valence-electron chi connectivity index (χ0n) is 12.8. The Morgan fingerprint density at radius 1 is 1.14 bits per heavy atom. The lowest BCUT2D eigenvalue weighted by Gasteiger charge is -2.37. The Morgan fingerprint density at radius 3 is 2.52 bits per heavy atom. The van der Waals surface area contributed by atoms with Crippen LogP contribution in [0.15, 0.2) is 30.3 Å². The van der Waals surface area contributed by atoms with Crippen molar-refractivity contribution in [3.8, 4) is 0 Å². The first-order chi connectivity index (χ1) is 10.2. The summed E-state index contributed by atoms with van der Waals surface area (Å²) in [5.74, 6) is 0. The normalized spacial score (nSPS) is 21.7. The second-order valence-corrected chi connectivity index (χ2v) is 6.52. The summed E-state index contributed by atoms with van der Waals surface area (Å²) in [6.07, 6.45) is 3.37. The van der Waals surface area contributed by atoms with Crippen LogP contribution in [-0.2, 0) is 11.3 Å². The summed E-state index contributed by atoms with van der Waals surface area (Å²) < 4.78 is 5.44. The highest BCUT2D eigenvalue weighted by Crippen LogP contribution is 2.40. The van der Waals surface area contributed by atoms with Gasteiger partial charge in [-0.25, -0.2) is 4.79 Å². The molecule has 0 unspecified atom stereocenters. The molecule has 4 nitrogen and oxygen atoms in total. The first-order valence-corrected chi connectivity index (χ1v) is 7.81. The van der Waals surface area contributed by atoms with Gasteiger partial charge in [-0.2, -0.15) is 0 Å². The summed E-state index contributed by atoms with van der Waals surface area (Å²) >= 11 is 0. The molecular weight excluding hydrogens is 264 g/mol. The summed E-state index contributed by atoms with van der Waals surface area (Å²) in [6.45, 7) is 4.37. The largest absolute Gasteiger partial charge is 0.445 e. The van der Waals surface area contributed by atoms with Crippen molar-refractivity contribution < 1.29 is 9.53 Å². The molecule has 0 atom stereocenters. The van der Waals surface area contributed by atoms with Gasteiger partial charge in [-0.3, -0.25) is 0 Å². The van der Waals surface area contributed by atoms with E-state index in [0.29, 0.717) is 12.0 Å². The van der Waals surface area contributed by atoms with E-state index in [9.17, 15) is 4.79 Å². The Bertz CT molecular complexity index is 481. The van der Waals surface area contributed by atoms with Gasteiger partial charge in [0.2, 0.25) is 0 Å². The molecule has 1 amide bonds. The molecular formula is C17H24N2O2. The van der Waals surface area contributed by atoms with E-state index >= 15 is 0 Å². The van der Waals surface area contributed by atoms with Crippen molar-refractivity contribution in [3.05, 3.63) is 35.9 Å². The molecule has 4 heteroatoms. The summed E-state index contributed by atoms with van der Waals surface area (Å²) in [6, 6.07) is 9.86. The van der Waals surface area contributed by atoms with Crippen LogP contribution in [0, 0.1) is 5.41 Å². The monoisotopic (exact) mass is 288 g/mol. The van der Waals surface area contributed by atoms with Crippen molar-refractivity contribution in [2.45, 2.75) is 25.9 Å². The maximum Gasteiger partial charge on any atom is 0.410 e. The Kier molecular flexibility index (Phi) is 4.15. The van der Waals surface area contributed by atoms with Gasteiger partial charge in [-0.15, -0.1) is 0 Å². The second-order valence-electron chi connectivity index (χ2n) is 6.52. The van der Waals surface area contributed by atoms with Crippen molar-refractivity contribution in [1.82, 2.24) is 9.80 Å². The third-order valence-electron chi connectivity index (χ3n) is 4.95. The van der Waals surface area contributed by atoms with Crippen molar-refractivity contribution in [3.63, 3.8) is 0 Å². The molecule has 0 N–H and O–H groups in total. The molecule has 2 fully saturated rings. The highest BCUT2D eigenvalue weighted by atomic mass is 16.6. The van der Waals surface area contributed by atoms with Gasteiger partial charge in [-0.1, -0.05) is 30.3 Å². The Balaban J connectivity index is 1.50. The molecule has 0 bridgehead atoms. The van der Waals surface area contributed by atoms with Gasteiger partial charge in [0.05, 0.1) is 0 Å². The third kappa shape index (κ3) is 3.38. The molecule has 21 heavy (non-hydrogen) atoms. The van der Waals surface area contributed by atoms with Gasteiger partial charge >= 0.3 is 6.09 Å². The van der Waals surface area contributed by atoms with Crippen LogP contribution in [0.1, 0.15) is 24.8 Å². The van der Waals surface area contributed by atoms with Crippen molar-refractivity contribution in [1.29, 1.82) is 0 Å². The highest BCUT2D eigenvalue weighted by Gasteiger charge is 2.41. The smallest absolute Gasteiger partial charge is 0.410 e. The number of hydrogen-bond donors (Lipinski definition) is 0. The van der Waals surface area contributed by atoms with E-state index in [0.717, 1.165) is 38.2 Å². The molecule has 114 valence electrons. The van der Waals surface area contributed by atoms with Crippen molar-refractivity contribution in [2.24, 2.45) is 5.41 Å². The number of hydrogen-bond acceptors (Lipinski definition) is 3. The zero-order valence-corrected chi connectivity index (χ0v) is 12.8. The number of piperidine rings is 1. The average molecular weight is 288 g/mol. The second kappa shape index (κ2) is 6.06. The van der Waals surface area contributed by atoms with E-state index in [1.54, 1.807) is 0 Å². The SMILES string of the molecule is CN1CCC2(CC1)CCN(C(=O)OCc1ccccc1)C2. The van der Waals surface area contributed by atoms with Crippen LogP contribution in [-0.4, -0.2) is 49.1 Å². The number of benzene rings is 1. The van der Waals surface area contributed by atoms with Crippen LogP contribution in [0.4, 0.5) is 4.79 Å². The number of carbonyl (C=O) groups is 1. The van der Waals surface area contributed by atoms with E-state index in [1.165, 1.54) is 12.8 Å². The third-order valence-corrected chi connectivity index (χ3v) is 4.95. The predicted molar refractivity (Wildman–Crippen MR) is 82.0 cm³/mol. The minimum atomic E-state index is -0.158. The van der Waals surface area contributed by atoms with Crippen LogP contribution in [0.3, 0.4) is 0 Å². The number of likely N-dealkylation sites (tertiary alicyclic amines) is 2. The Labute approximate surface area is 126 Å². The van der Waals surface area contributed by atoms with Crippen molar-refractivity contribution in [2.75, 3.05) is 33.2 Å². The number of amides is 1. The van der Waals surface area contributed by atoms with Crippen LogP contribution < -0.4 is 0 Å². The highest BCUT2D eigenvalue weighted by molar-refractivity contribution is 5.68. The molecule has 0 aliphatic carbocycles. The van der Waals surface area contributed by atoms with E-state index in [2.05, 4.69) is 11.9 Å². The van der Waals surface area contributed by atoms with Gasteiger partial charge in [0, 0.05) is 13.1 Å². The lowest BCUT2D eigenvalue weighted by Crippen LogP contribution is -2.40. The Morgan fingerprint density at radius 2 is 1.81 bits per heavy atom. The lowest BCUT2D eigenvalue weighted by molar-refractivity contribution is 0.0891. The van der Waals surface area contributed by atoms with Crippen molar-refractivity contribution >= 4 is 6.09 Å². The molecule has 1 spiro atoms. The number of rotatable bonds is 2. The summed E-state index contributed by atoms with van der Waals surface area (Å²) in [5, 5.41) is 0. The minimum absolute atomic E-state index is 0.158. The Hall–Kier alpha value is -1.55. The van der Waals surface area contributed by atoms with Crippen LogP contribution in [0.25, 0.3) is 0 Å². The quantitative estimate of drug-likeness (QED) is 0.839. The fourth-order valence-corrected chi connectivity index (χ4v) is 3.40. The van der Waals surface area contributed by atoms with Gasteiger partial charge in [0.15, 0.2) is 0 Å². The molecule has 2 heterocycles. The van der Waals surface area contributed by atoms with Crippen LogP contribution in [0.2, 0.25) is 0 Å². The number of carbonyl (C=O) groups excluding carboxylic acids is 1. The molecule has 1 aromatic carbocycles. The lowest BCUT2D eigenvalue weighted by atomic mass is 9.78. The predicted octanol–water partition coefficient (Wildman–Crippen LogP) is 2.74. The maximum absolute atomic E-state index is 12.2. The number of ether oxygens (including phenoxy) is 1. The maximum atomic E-state index is 12.2. The number of nitrogens with zero attached hydrogens (tertiary/aromatic N) is 2. The molecule has 0 radical (unpaired) electrons. The van der Waals surface area contributed by atoms with Gasteiger partial charge in [0.25, 0.3) is 0 Å². The van der Waals surface area contributed by atoms with Crippen LogP contribution >= 0.6 is 0 Å². The standard InChI is InChI=1S/C17H24N2O2/c1-18-10-7-17(8-11-18)9-12-19(14-17)16(20)21-13-15-5-3-2-4-6-15/h2-6H,7-14H2,1H3. The first kappa shape index (κ1) is 14.4. The molecule has 0 aromatic heterocycles.